The molecule has 0 aliphatic carbocycles. The van der Waals surface area contributed by atoms with Crippen LogP contribution in [0.15, 0.2) is 60.1 Å². The number of rotatable bonds is 10. The van der Waals surface area contributed by atoms with Gasteiger partial charge in [-0.15, -0.1) is 11.3 Å². The number of hydrogen-bond acceptors (Lipinski definition) is 12. The van der Waals surface area contributed by atoms with Crippen molar-refractivity contribution in [1.29, 1.82) is 0 Å². The van der Waals surface area contributed by atoms with Gasteiger partial charge in [-0.3, -0.25) is 19.2 Å². The Balaban J connectivity index is 1.57. The summed E-state index contributed by atoms with van der Waals surface area (Å²) in [6.45, 7) is 4.21. The molecule has 0 radical (unpaired) electrons. The van der Waals surface area contributed by atoms with Crippen molar-refractivity contribution < 1.29 is 47.7 Å². The van der Waals surface area contributed by atoms with Crippen molar-refractivity contribution in [3.63, 3.8) is 0 Å². The maximum Gasteiger partial charge on any atom is 0.332 e. The number of hydrogen-bond donors (Lipinski definition) is 1. The van der Waals surface area contributed by atoms with E-state index < -0.39 is 66.5 Å². The molecule has 13 heteroatoms. The Labute approximate surface area is 264 Å². The molecule has 12 nitrogen and oxygen atoms in total. The van der Waals surface area contributed by atoms with Crippen LogP contribution >= 0.6 is 11.3 Å². The van der Waals surface area contributed by atoms with Crippen LogP contribution in [0.1, 0.15) is 41.7 Å². The summed E-state index contributed by atoms with van der Waals surface area (Å²) in [5.74, 6) is -5.54. The number of nitrogens with zero attached hydrogens (tertiary/aromatic N) is 1. The number of amides is 1. The predicted octanol–water partition coefficient (Wildman–Crippen LogP) is 3.31. The first kappa shape index (κ1) is 33.1. The van der Waals surface area contributed by atoms with E-state index in [9.17, 15) is 24.0 Å². The maximum absolute atomic E-state index is 13.5. The minimum atomic E-state index is -1.47. The molecule has 3 aromatic rings. The standard InChI is InChI=1S/C32H34N2O10S/c1-18(2)30(37)44-27-19(3)42-32(39)23(17-41-31(38)22(27)15-20-9-6-5-7-10-20)34-29(36)26-28(24(40-4)12-13-33-26)43-25(35)16-21-11-8-14-45-21/h5-14,18-19,22-23,27H,15-17H2,1-4H3,(H,34,36)/t19-,22+,23?,27?/m0/s1. The average molecular weight is 639 g/mol. The SMILES string of the molecule is COc1ccnc(C(=O)NC2COC(=O)[C@H](Cc3ccccc3)C(OC(=O)C(C)C)[C@H](C)OC2=O)c1OC(=O)Cc1cccs1. The zero-order valence-electron chi connectivity index (χ0n) is 25.2. The fourth-order valence-electron chi connectivity index (χ4n) is 4.53. The number of ether oxygens (including phenoxy) is 5. The van der Waals surface area contributed by atoms with Crippen molar-refractivity contribution in [1.82, 2.24) is 10.3 Å². The Kier molecular flexibility index (Phi) is 11.3. The Hall–Kier alpha value is -4.78. The van der Waals surface area contributed by atoms with Crippen LogP contribution in [0.2, 0.25) is 0 Å². The second kappa shape index (κ2) is 15.3. The molecule has 2 aromatic heterocycles. The summed E-state index contributed by atoms with van der Waals surface area (Å²) in [6.07, 6.45) is -0.881. The van der Waals surface area contributed by atoms with E-state index in [0.29, 0.717) is 0 Å². The van der Waals surface area contributed by atoms with Gasteiger partial charge in [-0.25, -0.2) is 9.78 Å². The van der Waals surface area contributed by atoms with Crippen LogP contribution < -0.4 is 14.8 Å². The summed E-state index contributed by atoms with van der Waals surface area (Å²) in [7, 11) is 1.33. The van der Waals surface area contributed by atoms with E-state index in [1.807, 2.05) is 23.6 Å². The van der Waals surface area contributed by atoms with Gasteiger partial charge < -0.3 is 29.0 Å². The highest BCUT2D eigenvalue weighted by Gasteiger charge is 2.42. The highest BCUT2D eigenvalue weighted by molar-refractivity contribution is 7.10. The molecule has 4 atom stereocenters. The average Bonchev–Trinajstić information content (AvgIpc) is 3.54. The lowest BCUT2D eigenvalue weighted by molar-refractivity contribution is -0.176. The maximum atomic E-state index is 13.5. The third-order valence-electron chi connectivity index (χ3n) is 6.89. The van der Waals surface area contributed by atoms with Gasteiger partial charge in [-0.1, -0.05) is 50.2 Å². The monoisotopic (exact) mass is 638 g/mol. The molecule has 2 unspecified atom stereocenters. The van der Waals surface area contributed by atoms with Crippen LogP contribution in [0.5, 0.6) is 11.5 Å². The van der Waals surface area contributed by atoms with Crippen LogP contribution in [0.3, 0.4) is 0 Å². The lowest BCUT2D eigenvalue weighted by atomic mass is 9.91. The van der Waals surface area contributed by atoms with E-state index in [1.54, 1.807) is 38.1 Å². The smallest absolute Gasteiger partial charge is 0.332 e. The second-order valence-corrected chi connectivity index (χ2v) is 11.6. The number of aromatic nitrogens is 1. The fraction of sp³-hybridized carbons (Fsp3) is 0.375. The number of carbonyl (C=O) groups is 5. The fourth-order valence-corrected chi connectivity index (χ4v) is 5.22. The molecule has 1 saturated heterocycles. The van der Waals surface area contributed by atoms with Crippen LogP contribution in [-0.2, 0) is 46.2 Å². The van der Waals surface area contributed by atoms with Crippen molar-refractivity contribution in [2.24, 2.45) is 11.8 Å². The molecule has 1 amide bonds. The van der Waals surface area contributed by atoms with Crippen molar-refractivity contribution in [2.75, 3.05) is 13.7 Å². The first-order valence-electron chi connectivity index (χ1n) is 14.3. The van der Waals surface area contributed by atoms with E-state index in [-0.39, 0.29) is 30.0 Å². The van der Waals surface area contributed by atoms with E-state index in [2.05, 4.69) is 10.3 Å². The van der Waals surface area contributed by atoms with Crippen molar-refractivity contribution in [3.8, 4) is 11.5 Å². The van der Waals surface area contributed by atoms with Crippen LogP contribution in [0.25, 0.3) is 0 Å². The van der Waals surface area contributed by atoms with Crippen LogP contribution in [-0.4, -0.2) is 66.7 Å². The van der Waals surface area contributed by atoms with Gasteiger partial charge in [-0.05, 0) is 30.4 Å². The minimum absolute atomic E-state index is 0.0493. The number of nitrogens with one attached hydrogen (secondary N) is 1. The van der Waals surface area contributed by atoms with Gasteiger partial charge in [-0.2, -0.15) is 0 Å². The molecule has 1 fully saturated rings. The normalized spacial score (nSPS) is 20.1. The Morgan fingerprint density at radius 3 is 2.49 bits per heavy atom. The topological polar surface area (TPSA) is 156 Å². The minimum Gasteiger partial charge on any atom is -0.493 e. The summed E-state index contributed by atoms with van der Waals surface area (Å²) in [6, 6.07) is 12.6. The third-order valence-corrected chi connectivity index (χ3v) is 7.76. The lowest BCUT2D eigenvalue weighted by Gasteiger charge is -2.29. The molecule has 238 valence electrons. The summed E-state index contributed by atoms with van der Waals surface area (Å²) >= 11 is 1.37. The van der Waals surface area contributed by atoms with Gasteiger partial charge in [0.05, 0.1) is 19.4 Å². The lowest BCUT2D eigenvalue weighted by Crippen LogP contribution is -2.47. The number of methoxy groups -OCH3 is 1. The van der Waals surface area contributed by atoms with Gasteiger partial charge >= 0.3 is 23.9 Å². The number of esters is 4. The van der Waals surface area contributed by atoms with E-state index in [4.69, 9.17) is 23.7 Å². The van der Waals surface area contributed by atoms with Crippen LogP contribution in [0.4, 0.5) is 0 Å². The number of cyclic esters (lactones) is 2. The van der Waals surface area contributed by atoms with Crippen molar-refractivity contribution >= 4 is 41.1 Å². The number of carbonyl (C=O) groups excluding carboxylic acids is 5. The van der Waals surface area contributed by atoms with Gasteiger partial charge in [0.2, 0.25) is 5.75 Å². The van der Waals surface area contributed by atoms with Gasteiger partial charge in [0.15, 0.2) is 23.6 Å². The van der Waals surface area contributed by atoms with Crippen molar-refractivity contribution in [2.45, 2.75) is 51.9 Å². The largest absolute Gasteiger partial charge is 0.493 e. The van der Waals surface area contributed by atoms with E-state index in [0.717, 1.165) is 10.4 Å². The zero-order chi connectivity index (χ0) is 32.5. The molecule has 1 aliphatic heterocycles. The second-order valence-electron chi connectivity index (χ2n) is 10.6. The third kappa shape index (κ3) is 8.66. The van der Waals surface area contributed by atoms with Gasteiger partial charge in [0.25, 0.3) is 5.91 Å². The van der Waals surface area contributed by atoms with E-state index in [1.165, 1.54) is 37.6 Å². The first-order chi connectivity index (χ1) is 21.6. The molecule has 0 saturated carbocycles. The highest BCUT2D eigenvalue weighted by Crippen LogP contribution is 2.30. The molecular weight excluding hydrogens is 604 g/mol. The van der Waals surface area contributed by atoms with Crippen LogP contribution in [0, 0.1) is 11.8 Å². The highest BCUT2D eigenvalue weighted by atomic mass is 32.1. The molecule has 4 rings (SSSR count). The Morgan fingerprint density at radius 2 is 1.82 bits per heavy atom. The van der Waals surface area contributed by atoms with Gasteiger partial charge in [0.1, 0.15) is 18.6 Å². The molecule has 1 N–H and O–H groups in total. The zero-order valence-corrected chi connectivity index (χ0v) is 26.0. The molecule has 1 aromatic carbocycles. The first-order valence-corrected chi connectivity index (χ1v) is 15.1. The molecule has 3 heterocycles. The predicted molar refractivity (Wildman–Crippen MR) is 161 cm³/mol. The summed E-state index contributed by atoms with van der Waals surface area (Å²) in [5, 5.41) is 4.28. The van der Waals surface area contributed by atoms with Gasteiger partial charge in [0, 0.05) is 17.1 Å². The Morgan fingerprint density at radius 1 is 1.07 bits per heavy atom. The summed E-state index contributed by atoms with van der Waals surface area (Å²) in [5.41, 5.74) is 0.435. The summed E-state index contributed by atoms with van der Waals surface area (Å²) < 4.78 is 27.6. The molecule has 0 bridgehead atoms. The Bertz CT molecular complexity index is 1510. The molecule has 1 aliphatic rings. The quantitative estimate of drug-likeness (QED) is 0.257. The number of benzene rings is 1. The molecule has 0 spiro atoms. The van der Waals surface area contributed by atoms with Crippen molar-refractivity contribution in [3.05, 3.63) is 76.2 Å². The summed E-state index contributed by atoms with van der Waals surface area (Å²) in [4.78, 5) is 70.3. The van der Waals surface area contributed by atoms with E-state index >= 15 is 0 Å². The number of thiophene rings is 1. The molecular formula is C32H34N2O10S. The molecule has 45 heavy (non-hydrogen) atoms. The number of pyridine rings is 1.